The number of halogens is 3. The first-order chi connectivity index (χ1) is 17.1. The molecule has 36 heavy (non-hydrogen) atoms. The molecule has 1 amide bonds. The van der Waals surface area contributed by atoms with Crippen molar-refractivity contribution in [2.45, 2.75) is 57.0 Å². The van der Waals surface area contributed by atoms with Gasteiger partial charge in [-0.25, -0.2) is 9.97 Å². The summed E-state index contributed by atoms with van der Waals surface area (Å²) in [6.45, 7) is 2.16. The molecule has 0 saturated heterocycles. The predicted molar refractivity (Wildman–Crippen MR) is 125 cm³/mol. The molecule has 2 aliphatic rings. The van der Waals surface area contributed by atoms with Gasteiger partial charge in [-0.05, 0) is 43.4 Å². The highest BCUT2D eigenvalue weighted by molar-refractivity contribution is 6.04. The number of likely N-dealkylation sites (N-methyl/N-ethyl adjacent to an activating group) is 1. The number of nitrogens with one attached hydrogen (secondary N) is 1. The number of hydrogen-bond donors (Lipinski definition) is 1. The van der Waals surface area contributed by atoms with Gasteiger partial charge in [0.05, 0.1) is 24.0 Å². The SMILES string of the molecule is COC1([C@H]2C(=O)Nc3c(C)nc(CCc4cnn(Cc5ccc(C(F)(F)F)nc5)c4)nc3N2C)CC1. The molecule has 12 heteroatoms. The number of aromatic nitrogens is 5. The lowest BCUT2D eigenvalue weighted by Gasteiger charge is -2.38. The van der Waals surface area contributed by atoms with Gasteiger partial charge in [-0.15, -0.1) is 0 Å². The number of hydrogen-bond acceptors (Lipinski definition) is 7. The van der Waals surface area contributed by atoms with Crippen molar-refractivity contribution in [3.05, 3.63) is 59.1 Å². The Bertz CT molecular complexity index is 1290. The number of methoxy groups -OCH3 is 1. The Balaban J connectivity index is 1.26. The van der Waals surface area contributed by atoms with Crippen molar-refractivity contribution in [3.8, 4) is 0 Å². The van der Waals surface area contributed by atoms with Crippen molar-refractivity contribution < 1.29 is 22.7 Å². The fourth-order valence-electron chi connectivity index (χ4n) is 4.67. The summed E-state index contributed by atoms with van der Waals surface area (Å²) >= 11 is 0. The van der Waals surface area contributed by atoms with E-state index >= 15 is 0 Å². The molecule has 0 unspecified atom stereocenters. The molecule has 3 aromatic rings. The summed E-state index contributed by atoms with van der Waals surface area (Å²) in [4.78, 5) is 27.5. The summed E-state index contributed by atoms with van der Waals surface area (Å²) in [6, 6.07) is 1.92. The Morgan fingerprint density at radius 1 is 1.17 bits per heavy atom. The summed E-state index contributed by atoms with van der Waals surface area (Å²) in [7, 11) is 3.49. The Kier molecular flexibility index (Phi) is 5.93. The van der Waals surface area contributed by atoms with E-state index in [0.717, 1.165) is 24.5 Å². The summed E-state index contributed by atoms with van der Waals surface area (Å²) in [6.07, 6.45) is 3.16. The van der Waals surface area contributed by atoms with E-state index in [-0.39, 0.29) is 5.91 Å². The zero-order valence-electron chi connectivity index (χ0n) is 20.1. The van der Waals surface area contributed by atoms with E-state index in [1.165, 1.54) is 12.3 Å². The minimum Gasteiger partial charge on any atom is -0.376 e. The van der Waals surface area contributed by atoms with Gasteiger partial charge in [0.2, 0.25) is 5.91 Å². The van der Waals surface area contributed by atoms with Gasteiger partial charge in [-0.1, -0.05) is 6.07 Å². The van der Waals surface area contributed by atoms with Crippen LogP contribution in [-0.2, 0) is 35.1 Å². The van der Waals surface area contributed by atoms with E-state index in [1.807, 2.05) is 25.1 Å². The number of rotatable bonds is 7. The van der Waals surface area contributed by atoms with Crippen LogP contribution >= 0.6 is 0 Å². The van der Waals surface area contributed by atoms with Crippen molar-refractivity contribution in [2.24, 2.45) is 0 Å². The molecule has 9 nitrogen and oxygen atoms in total. The van der Waals surface area contributed by atoms with Crippen LogP contribution in [0.15, 0.2) is 30.7 Å². The van der Waals surface area contributed by atoms with Crippen LogP contribution in [0.25, 0.3) is 0 Å². The third-order valence-corrected chi connectivity index (χ3v) is 6.77. The molecule has 1 aliphatic carbocycles. The molecule has 0 aromatic carbocycles. The number of carbonyl (C=O) groups excluding carboxylic acids is 1. The lowest BCUT2D eigenvalue weighted by Crippen LogP contribution is -2.55. The van der Waals surface area contributed by atoms with Crippen molar-refractivity contribution in [2.75, 3.05) is 24.4 Å². The number of alkyl halides is 3. The standard InChI is InChI=1S/C24H26F3N7O2/c1-14-19-21(33(2)20(22(35)32-19)23(36-3)8-9-23)31-18(30-14)7-5-16-11-29-34(13-16)12-15-4-6-17(28-10-15)24(25,26)27/h4,6,10-11,13,20H,5,7-9,12H2,1-3H3,(H,32,35)/t20-/m1/s1. The molecule has 1 fully saturated rings. The normalized spacial score (nSPS) is 18.7. The molecule has 1 saturated carbocycles. The first-order valence-corrected chi connectivity index (χ1v) is 11.6. The average molecular weight is 502 g/mol. The molecular formula is C24H26F3N7O2. The van der Waals surface area contributed by atoms with Gasteiger partial charge in [-0.3, -0.25) is 14.5 Å². The minimum atomic E-state index is -4.46. The molecule has 0 radical (unpaired) electrons. The summed E-state index contributed by atoms with van der Waals surface area (Å²) in [5.74, 6) is 1.21. The fourth-order valence-corrected chi connectivity index (χ4v) is 4.67. The lowest BCUT2D eigenvalue weighted by molar-refractivity contribution is -0.141. The molecule has 1 aliphatic heterocycles. The van der Waals surface area contributed by atoms with Gasteiger partial charge in [0.1, 0.15) is 23.2 Å². The quantitative estimate of drug-likeness (QED) is 0.531. The zero-order valence-corrected chi connectivity index (χ0v) is 20.1. The molecule has 5 rings (SSSR count). The molecule has 3 aromatic heterocycles. The topological polar surface area (TPSA) is 98.1 Å². The largest absolute Gasteiger partial charge is 0.433 e. The number of fused-ring (bicyclic) bond motifs is 1. The number of carbonyl (C=O) groups is 1. The Hall–Kier alpha value is -3.54. The fraction of sp³-hybridized carbons (Fsp3) is 0.458. The highest BCUT2D eigenvalue weighted by atomic mass is 19.4. The number of amides is 1. The monoisotopic (exact) mass is 501 g/mol. The van der Waals surface area contributed by atoms with E-state index in [0.29, 0.717) is 48.0 Å². The van der Waals surface area contributed by atoms with Crippen LogP contribution < -0.4 is 10.2 Å². The highest BCUT2D eigenvalue weighted by Crippen LogP contribution is 2.47. The van der Waals surface area contributed by atoms with E-state index < -0.39 is 23.5 Å². The summed E-state index contributed by atoms with van der Waals surface area (Å²) in [5, 5.41) is 7.27. The molecular weight excluding hydrogens is 475 g/mol. The van der Waals surface area contributed by atoms with Gasteiger partial charge >= 0.3 is 6.18 Å². The summed E-state index contributed by atoms with van der Waals surface area (Å²) in [5.41, 5.74) is 1.49. The van der Waals surface area contributed by atoms with Crippen LogP contribution in [0, 0.1) is 6.92 Å². The second-order valence-electron chi connectivity index (χ2n) is 9.29. The minimum absolute atomic E-state index is 0.112. The smallest absolute Gasteiger partial charge is 0.376 e. The van der Waals surface area contributed by atoms with E-state index in [1.54, 1.807) is 18.0 Å². The number of aryl methyl sites for hydroxylation is 3. The highest BCUT2D eigenvalue weighted by Gasteiger charge is 2.57. The van der Waals surface area contributed by atoms with Crippen molar-refractivity contribution >= 4 is 17.4 Å². The van der Waals surface area contributed by atoms with Gasteiger partial charge in [0.25, 0.3) is 0 Å². The van der Waals surface area contributed by atoms with Crippen molar-refractivity contribution in [3.63, 3.8) is 0 Å². The molecule has 0 bridgehead atoms. The van der Waals surface area contributed by atoms with Crippen LogP contribution in [0.5, 0.6) is 0 Å². The molecule has 190 valence electrons. The van der Waals surface area contributed by atoms with Crippen molar-refractivity contribution in [1.82, 2.24) is 24.7 Å². The Labute approximate surface area is 205 Å². The second kappa shape index (κ2) is 8.84. The maximum atomic E-state index is 12.8. The van der Waals surface area contributed by atoms with Gasteiger partial charge in [0.15, 0.2) is 5.82 Å². The average Bonchev–Trinajstić information content (AvgIpc) is 3.49. The number of anilines is 2. The van der Waals surface area contributed by atoms with Crippen LogP contribution in [0.1, 0.15) is 41.2 Å². The first kappa shape index (κ1) is 24.2. The predicted octanol–water partition coefficient (Wildman–Crippen LogP) is 3.16. The van der Waals surface area contributed by atoms with Gasteiger partial charge in [-0.2, -0.15) is 18.3 Å². The van der Waals surface area contributed by atoms with Crippen LogP contribution in [0.2, 0.25) is 0 Å². The van der Waals surface area contributed by atoms with Crippen LogP contribution in [0.4, 0.5) is 24.7 Å². The Morgan fingerprint density at radius 2 is 1.94 bits per heavy atom. The van der Waals surface area contributed by atoms with Crippen LogP contribution in [0.3, 0.4) is 0 Å². The third kappa shape index (κ3) is 4.52. The number of pyridine rings is 1. The maximum Gasteiger partial charge on any atom is 0.433 e. The Morgan fingerprint density at radius 3 is 2.58 bits per heavy atom. The number of ether oxygens (including phenoxy) is 1. The van der Waals surface area contributed by atoms with Gasteiger partial charge in [0, 0.05) is 33.0 Å². The molecule has 4 heterocycles. The molecule has 1 N–H and O–H groups in total. The van der Waals surface area contributed by atoms with Crippen LogP contribution in [-0.4, -0.2) is 56.4 Å². The van der Waals surface area contributed by atoms with E-state index in [9.17, 15) is 18.0 Å². The molecule has 0 spiro atoms. The van der Waals surface area contributed by atoms with Gasteiger partial charge < -0.3 is 15.0 Å². The lowest BCUT2D eigenvalue weighted by atomic mass is 10.0. The van der Waals surface area contributed by atoms with E-state index in [2.05, 4.69) is 20.4 Å². The second-order valence-corrected chi connectivity index (χ2v) is 9.29. The molecule has 1 atom stereocenters. The van der Waals surface area contributed by atoms with E-state index in [4.69, 9.17) is 9.72 Å². The third-order valence-electron chi connectivity index (χ3n) is 6.77. The number of nitrogens with zero attached hydrogens (tertiary/aromatic N) is 6. The first-order valence-electron chi connectivity index (χ1n) is 11.6. The maximum absolute atomic E-state index is 12.8. The zero-order chi connectivity index (χ0) is 25.7. The summed E-state index contributed by atoms with van der Waals surface area (Å²) < 4.78 is 45.4. The van der Waals surface area contributed by atoms with Crippen molar-refractivity contribution in [1.29, 1.82) is 0 Å².